The van der Waals surface area contributed by atoms with E-state index < -0.39 is 12.0 Å². The molecular formula is C15H14ClN3O4. The van der Waals surface area contributed by atoms with Crippen molar-refractivity contribution in [3.63, 3.8) is 0 Å². The lowest BCUT2D eigenvalue weighted by molar-refractivity contribution is 0.0697. The first-order valence-corrected chi connectivity index (χ1v) is 6.22. The summed E-state index contributed by atoms with van der Waals surface area (Å²) in [7, 11) is 0. The monoisotopic (exact) mass is 335 g/mol. The van der Waals surface area contributed by atoms with Crippen LogP contribution in [-0.4, -0.2) is 28.4 Å². The number of hydrogen-bond donors (Lipinski definition) is 4. The lowest BCUT2D eigenvalue weighted by atomic mass is 10.0. The Kier molecular flexibility index (Phi) is 6.11. The van der Waals surface area contributed by atoms with Gasteiger partial charge >= 0.3 is 12.0 Å². The number of carboxylic acid groups (broad SMARTS) is 1. The third kappa shape index (κ3) is 4.72. The lowest BCUT2D eigenvalue weighted by Gasteiger charge is -2.06. The molecule has 5 N–H and O–H groups in total. The Balaban J connectivity index is 0.00000264. The quantitative estimate of drug-likeness (QED) is 0.504. The molecule has 2 amide bonds. The number of phenolic OH excluding ortho intramolecular Hbond substituents is 1. The summed E-state index contributed by atoms with van der Waals surface area (Å²) in [4.78, 5) is 21.5. The molecule has 7 nitrogen and oxygen atoms in total. The molecule has 120 valence electrons. The summed E-state index contributed by atoms with van der Waals surface area (Å²) in [6.45, 7) is 0. The first-order valence-electron chi connectivity index (χ1n) is 6.22. The first-order chi connectivity index (χ1) is 10.5. The van der Waals surface area contributed by atoms with Crippen LogP contribution in [-0.2, 0) is 0 Å². The van der Waals surface area contributed by atoms with E-state index in [0.29, 0.717) is 16.7 Å². The van der Waals surface area contributed by atoms with E-state index in [-0.39, 0.29) is 23.7 Å². The van der Waals surface area contributed by atoms with Gasteiger partial charge in [-0.25, -0.2) is 15.0 Å². The van der Waals surface area contributed by atoms with Crippen molar-refractivity contribution in [3.8, 4) is 16.9 Å². The second-order valence-corrected chi connectivity index (χ2v) is 4.39. The number of carbonyl (C=O) groups excluding carboxylic acids is 1. The number of halogens is 1. The van der Waals surface area contributed by atoms with Gasteiger partial charge in [-0.15, -0.1) is 12.4 Å². The second kappa shape index (κ2) is 7.81. The summed E-state index contributed by atoms with van der Waals surface area (Å²) in [5.74, 6) is -1.05. The Morgan fingerprint density at radius 2 is 1.83 bits per heavy atom. The largest absolute Gasteiger partial charge is 0.507 e. The van der Waals surface area contributed by atoms with Crippen molar-refractivity contribution in [2.75, 3.05) is 0 Å². The molecule has 8 heteroatoms. The highest BCUT2D eigenvalue weighted by molar-refractivity contribution is 5.90. The Hall–Kier alpha value is -3.06. The average Bonchev–Trinajstić information content (AvgIpc) is 2.49. The van der Waals surface area contributed by atoms with Crippen molar-refractivity contribution in [2.24, 2.45) is 10.8 Å². The predicted octanol–water partition coefficient (Wildman–Crippen LogP) is 2.18. The fourth-order valence-corrected chi connectivity index (χ4v) is 1.83. The number of rotatable bonds is 4. The van der Waals surface area contributed by atoms with Crippen LogP contribution in [0.2, 0.25) is 0 Å². The molecule has 0 atom stereocenters. The molecule has 2 aromatic rings. The summed E-state index contributed by atoms with van der Waals surface area (Å²) < 4.78 is 0. The number of phenols is 1. The van der Waals surface area contributed by atoms with Crippen LogP contribution < -0.4 is 11.2 Å². The van der Waals surface area contributed by atoms with E-state index in [9.17, 15) is 14.7 Å². The maximum atomic E-state index is 11.0. The molecule has 0 aliphatic rings. The van der Waals surface area contributed by atoms with Crippen LogP contribution in [0.15, 0.2) is 47.6 Å². The van der Waals surface area contributed by atoms with Crippen LogP contribution in [0.4, 0.5) is 4.79 Å². The number of benzene rings is 2. The SMILES string of the molecule is Cl.NC(=O)NN=Cc1cc(-c2cccc(C(=O)O)c2)ccc1O. The normalized spacial score (nSPS) is 10.1. The van der Waals surface area contributed by atoms with Crippen molar-refractivity contribution in [1.29, 1.82) is 0 Å². The van der Waals surface area contributed by atoms with Gasteiger partial charge in [0.05, 0.1) is 11.8 Å². The first kappa shape index (κ1) is 18.0. The molecule has 0 radical (unpaired) electrons. The molecular weight excluding hydrogens is 322 g/mol. The minimum absolute atomic E-state index is 0. The van der Waals surface area contributed by atoms with Gasteiger partial charge in [-0.2, -0.15) is 5.10 Å². The number of nitrogens with zero attached hydrogens (tertiary/aromatic N) is 1. The molecule has 0 spiro atoms. The smallest absolute Gasteiger partial charge is 0.335 e. The van der Waals surface area contributed by atoms with E-state index in [2.05, 4.69) is 5.10 Å². The molecule has 2 aromatic carbocycles. The van der Waals surface area contributed by atoms with Crippen LogP contribution in [0.25, 0.3) is 11.1 Å². The molecule has 0 fully saturated rings. The van der Waals surface area contributed by atoms with E-state index >= 15 is 0 Å². The number of primary amides is 1. The molecule has 0 aliphatic carbocycles. The summed E-state index contributed by atoms with van der Waals surface area (Å²) in [5, 5.41) is 22.3. The van der Waals surface area contributed by atoms with Crippen LogP contribution in [0.3, 0.4) is 0 Å². The summed E-state index contributed by atoms with van der Waals surface area (Å²) >= 11 is 0. The molecule has 0 heterocycles. The molecule has 0 unspecified atom stereocenters. The van der Waals surface area contributed by atoms with Crippen LogP contribution >= 0.6 is 12.4 Å². The molecule has 23 heavy (non-hydrogen) atoms. The van der Waals surface area contributed by atoms with Gasteiger partial charge < -0.3 is 15.9 Å². The minimum Gasteiger partial charge on any atom is -0.507 e. The Morgan fingerprint density at radius 3 is 2.48 bits per heavy atom. The Morgan fingerprint density at radius 1 is 1.13 bits per heavy atom. The number of hydrazone groups is 1. The number of carboxylic acids is 1. The summed E-state index contributed by atoms with van der Waals surface area (Å²) in [6.07, 6.45) is 1.24. The van der Waals surface area contributed by atoms with E-state index in [0.717, 1.165) is 0 Å². The van der Waals surface area contributed by atoms with E-state index in [1.807, 2.05) is 5.43 Å². The van der Waals surface area contributed by atoms with Crippen LogP contribution in [0.5, 0.6) is 5.75 Å². The van der Waals surface area contributed by atoms with Gasteiger partial charge in [0, 0.05) is 5.56 Å². The Labute approximate surface area is 137 Å². The highest BCUT2D eigenvalue weighted by atomic mass is 35.5. The minimum atomic E-state index is -1.02. The van der Waals surface area contributed by atoms with Gasteiger partial charge in [0.2, 0.25) is 0 Å². The molecule has 0 aromatic heterocycles. The van der Waals surface area contributed by atoms with Crippen molar-refractivity contribution in [1.82, 2.24) is 5.43 Å². The zero-order valence-corrected chi connectivity index (χ0v) is 12.6. The highest BCUT2D eigenvalue weighted by Crippen LogP contribution is 2.25. The number of nitrogens with two attached hydrogens (primary N) is 1. The van der Waals surface area contributed by atoms with Crippen molar-refractivity contribution in [3.05, 3.63) is 53.6 Å². The highest BCUT2D eigenvalue weighted by Gasteiger charge is 2.07. The summed E-state index contributed by atoms with van der Waals surface area (Å²) in [5.41, 5.74) is 8.79. The topological polar surface area (TPSA) is 125 Å². The van der Waals surface area contributed by atoms with Crippen LogP contribution in [0, 0.1) is 0 Å². The maximum absolute atomic E-state index is 11.0. The molecule has 0 bridgehead atoms. The van der Waals surface area contributed by atoms with Gasteiger partial charge in [0.1, 0.15) is 5.75 Å². The third-order valence-corrected chi connectivity index (χ3v) is 2.85. The second-order valence-electron chi connectivity index (χ2n) is 4.39. The lowest BCUT2D eigenvalue weighted by Crippen LogP contribution is -2.24. The molecule has 2 rings (SSSR count). The third-order valence-electron chi connectivity index (χ3n) is 2.85. The number of hydrogen-bond acceptors (Lipinski definition) is 4. The van der Waals surface area contributed by atoms with Crippen molar-refractivity contribution in [2.45, 2.75) is 0 Å². The zero-order chi connectivity index (χ0) is 16.1. The maximum Gasteiger partial charge on any atom is 0.335 e. The van der Waals surface area contributed by atoms with Crippen molar-refractivity contribution >= 4 is 30.6 Å². The van der Waals surface area contributed by atoms with Gasteiger partial charge in [0.15, 0.2) is 0 Å². The van der Waals surface area contributed by atoms with E-state index in [1.54, 1.807) is 24.3 Å². The molecule has 0 saturated carbocycles. The van der Waals surface area contributed by atoms with Gasteiger partial charge in [-0.1, -0.05) is 18.2 Å². The Bertz CT molecular complexity index is 762. The number of aromatic hydroxyl groups is 1. The number of nitrogens with one attached hydrogen (secondary N) is 1. The molecule has 0 saturated heterocycles. The van der Waals surface area contributed by atoms with E-state index in [1.165, 1.54) is 24.4 Å². The fraction of sp³-hybridized carbons (Fsp3) is 0. The van der Waals surface area contributed by atoms with Crippen LogP contribution in [0.1, 0.15) is 15.9 Å². The summed E-state index contributed by atoms with van der Waals surface area (Å²) in [6, 6.07) is 10.3. The zero-order valence-electron chi connectivity index (χ0n) is 11.8. The average molecular weight is 336 g/mol. The van der Waals surface area contributed by atoms with Gasteiger partial charge in [0.25, 0.3) is 0 Å². The van der Waals surface area contributed by atoms with Gasteiger partial charge in [-0.3, -0.25) is 0 Å². The van der Waals surface area contributed by atoms with Gasteiger partial charge in [-0.05, 0) is 35.4 Å². The van der Waals surface area contributed by atoms with Crippen molar-refractivity contribution < 1.29 is 19.8 Å². The molecule has 0 aliphatic heterocycles. The number of aromatic carboxylic acids is 1. The predicted molar refractivity (Wildman–Crippen MR) is 88.1 cm³/mol. The van der Waals surface area contributed by atoms with E-state index in [4.69, 9.17) is 10.8 Å². The fourth-order valence-electron chi connectivity index (χ4n) is 1.83. The number of carbonyl (C=O) groups is 2. The standard InChI is InChI=1S/C15H13N3O4.ClH/c16-15(22)18-17-8-12-7-10(4-5-13(12)19)9-2-1-3-11(6-9)14(20)21;/h1-8,19H,(H,20,21)(H3,16,18,22);1H. The number of urea groups is 1. The number of amides is 2.